The van der Waals surface area contributed by atoms with Gasteiger partial charge in [-0.1, -0.05) is 24.6 Å². The molecule has 3 atom stereocenters. The van der Waals surface area contributed by atoms with Gasteiger partial charge in [0.2, 0.25) is 0 Å². The van der Waals surface area contributed by atoms with Crippen molar-refractivity contribution in [1.29, 1.82) is 0 Å². The van der Waals surface area contributed by atoms with Crippen LogP contribution in [0, 0.1) is 11.8 Å². The fourth-order valence-electron chi connectivity index (χ4n) is 2.95. The topological polar surface area (TPSA) is 46.5 Å². The molecule has 1 fully saturated rings. The first-order valence-corrected chi connectivity index (χ1v) is 6.97. The first-order chi connectivity index (χ1) is 9.02. The molecule has 3 unspecified atom stereocenters. The van der Waals surface area contributed by atoms with Crippen molar-refractivity contribution >= 4 is 17.6 Å². The van der Waals surface area contributed by atoms with Gasteiger partial charge < -0.3 is 9.84 Å². The Morgan fingerprint density at radius 2 is 2.16 bits per heavy atom. The van der Waals surface area contributed by atoms with Crippen molar-refractivity contribution in [2.75, 3.05) is 7.11 Å². The molecule has 0 bridgehead atoms. The lowest BCUT2D eigenvalue weighted by Crippen LogP contribution is -2.28. The molecule has 0 spiro atoms. The highest BCUT2D eigenvalue weighted by Crippen LogP contribution is 2.42. The number of methoxy groups -OCH3 is 1. The number of hydrogen-bond acceptors (Lipinski definition) is 2. The molecule has 0 aliphatic heterocycles. The lowest BCUT2D eigenvalue weighted by Gasteiger charge is -2.32. The Hall–Kier alpha value is -1.22. The van der Waals surface area contributed by atoms with Crippen LogP contribution in [0.25, 0.3) is 0 Å². The maximum Gasteiger partial charge on any atom is 0.307 e. The largest absolute Gasteiger partial charge is 0.495 e. The van der Waals surface area contributed by atoms with Crippen LogP contribution in [0.1, 0.15) is 37.7 Å². The standard InChI is InChI=1S/C15H19ClO3/c1-9-3-5-11(15(17)18)12(7-9)10-4-6-13(16)14(8-10)19-2/h4,6,8-9,11-12H,3,5,7H2,1-2H3,(H,17,18). The molecule has 104 valence electrons. The van der Waals surface area contributed by atoms with Crippen molar-refractivity contribution in [1.82, 2.24) is 0 Å². The minimum atomic E-state index is -0.703. The van der Waals surface area contributed by atoms with Gasteiger partial charge in [-0.15, -0.1) is 0 Å². The van der Waals surface area contributed by atoms with Crippen LogP contribution < -0.4 is 4.74 Å². The molecule has 2 rings (SSSR count). The fourth-order valence-corrected chi connectivity index (χ4v) is 3.15. The van der Waals surface area contributed by atoms with E-state index in [0.717, 1.165) is 24.8 Å². The molecule has 0 radical (unpaired) electrons. The summed E-state index contributed by atoms with van der Waals surface area (Å²) in [5.74, 6) is 0.212. The van der Waals surface area contributed by atoms with Gasteiger partial charge in [0.15, 0.2) is 0 Å². The van der Waals surface area contributed by atoms with Crippen molar-refractivity contribution in [2.45, 2.75) is 32.1 Å². The Balaban J connectivity index is 2.33. The Kier molecular flexibility index (Phi) is 4.35. The van der Waals surface area contributed by atoms with Gasteiger partial charge >= 0.3 is 5.97 Å². The van der Waals surface area contributed by atoms with E-state index in [4.69, 9.17) is 16.3 Å². The first kappa shape index (κ1) is 14.2. The highest BCUT2D eigenvalue weighted by atomic mass is 35.5. The second kappa shape index (κ2) is 5.83. The molecule has 1 aliphatic rings. The highest BCUT2D eigenvalue weighted by molar-refractivity contribution is 6.32. The van der Waals surface area contributed by atoms with Crippen LogP contribution in [0.5, 0.6) is 5.75 Å². The molecular formula is C15H19ClO3. The van der Waals surface area contributed by atoms with Gasteiger partial charge in [-0.3, -0.25) is 4.79 Å². The molecule has 1 aliphatic carbocycles. The quantitative estimate of drug-likeness (QED) is 0.913. The van der Waals surface area contributed by atoms with Crippen molar-refractivity contribution in [2.24, 2.45) is 11.8 Å². The SMILES string of the molecule is COc1cc(C2CC(C)CCC2C(=O)O)ccc1Cl. The summed E-state index contributed by atoms with van der Waals surface area (Å²) in [5.41, 5.74) is 1.01. The first-order valence-electron chi connectivity index (χ1n) is 6.59. The molecule has 0 saturated heterocycles. The van der Waals surface area contributed by atoms with Crippen LogP contribution in [-0.4, -0.2) is 18.2 Å². The third kappa shape index (κ3) is 3.03. The van der Waals surface area contributed by atoms with E-state index in [0.29, 0.717) is 16.7 Å². The summed E-state index contributed by atoms with van der Waals surface area (Å²) in [4.78, 5) is 11.4. The van der Waals surface area contributed by atoms with E-state index in [1.807, 2.05) is 12.1 Å². The number of rotatable bonds is 3. The molecule has 0 aromatic heterocycles. The van der Waals surface area contributed by atoms with E-state index in [1.165, 1.54) is 0 Å². The summed E-state index contributed by atoms with van der Waals surface area (Å²) in [6.07, 6.45) is 2.63. The van der Waals surface area contributed by atoms with Gasteiger partial charge in [0.1, 0.15) is 5.75 Å². The summed E-state index contributed by atoms with van der Waals surface area (Å²) >= 11 is 6.02. The third-order valence-corrected chi connectivity index (χ3v) is 4.35. The summed E-state index contributed by atoms with van der Waals surface area (Å²) in [6, 6.07) is 5.58. The van der Waals surface area contributed by atoms with E-state index in [-0.39, 0.29) is 11.8 Å². The average molecular weight is 283 g/mol. The number of carboxylic acids is 1. The smallest absolute Gasteiger partial charge is 0.307 e. The molecule has 1 aromatic rings. The monoisotopic (exact) mass is 282 g/mol. The van der Waals surface area contributed by atoms with Gasteiger partial charge in [0, 0.05) is 0 Å². The van der Waals surface area contributed by atoms with Crippen LogP contribution in [0.3, 0.4) is 0 Å². The fraction of sp³-hybridized carbons (Fsp3) is 0.533. The predicted octanol–water partition coefficient (Wildman–Crippen LogP) is 3.95. The predicted molar refractivity (Wildman–Crippen MR) is 74.9 cm³/mol. The van der Waals surface area contributed by atoms with Crippen LogP contribution in [-0.2, 0) is 4.79 Å². The van der Waals surface area contributed by atoms with Gasteiger partial charge in [0.25, 0.3) is 0 Å². The van der Waals surface area contributed by atoms with Crippen LogP contribution in [0.15, 0.2) is 18.2 Å². The van der Waals surface area contributed by atoms with Crippen molar-refractivity contribution in [3.8, 4) is 5.75 Å². The van der Waals surface area contributed by atoms with Crippen molar-refractivity contribution in [3.05, 3.63) is 28.8 Å². The normalized spacial score (nSPS) is 27.0. The summed E-state index contributed by atoms with van der Waals surface area (Å²) < 4.78 is 5.22. The Morgan fingerprint density at radius 3 is 2.79 bits per heavy atom. The second-order valence-corrected chi connectivity index (χ2v) is 5.77. The maximum atomic E-state index is 11.4. The molecule has 4 heteroatoms. The maximum absolute atomic E-state index is 11.4. The zero-order chi connectivity index (χ0) is 14.0. The number of hydrogen-bond donors (Lipinski definition) is 1. The third-order valence-electron chi connectivity index (χ3n) is 4.03. The number of carboxylic acid groups (broad SMARTS) is 1. The van der Waals surface area contributed by atoms with Crippen molar-refractivity contribution in [3.63, 3.8) is 0 Å². The van der Waals surface area contributed by atoms with Crippen LogP contribution in [0.4, 0.5) is 0 Å². The molecule has 19 heavy (non-hydrogen) atoms. The minimum Gasteiger partial charge on any atom is -0.495 e. The van der Waals surface area contributed by atoms with E-state index < -0.39 is 5.97 Å². The number of halogens is 1. The van der Waals surface area contributed by atoms with Crippen molar-refractivity contribution < 1.29 is 14.6 Å². The number of aliphatic carboxylic acids is 1. The zero-order valence-corrected chi connectivity index (χ0v) is 12.0. The summed E-state index contributed by atoms with van der Waals surface area (Å²) in [7, 11) is 1.57. The van der Waals surface area contributed by atoms with Crippen LogP contribution in [0.2, 0.25) is 5.02 Å². The zero-order valence-electron chi connectivity index (χ0n) is 11.2. The van der Waals surface area contributed by atoms with Gasteiger partial charge in [-0.25, -0.2) is 0 Å². The summed E-state index contributed by atoms with van der Waals surface area (Å²) in [5, 5.41) is 9.94. The minimum absolute atomic E-state index is 0.0485. The molecule has 1 saturated carbocycles. The average Bonchev–Trinajstić information content (AvgIpc) is 2.38. The highest BCUT2D eigenvalue weighted by Gasteiger charge is 2.34. The number of ether oxygens (including phenoxy) is 1. The Morgan fingerprint density at radius 1 is 1.42 bits per heavy atom. The lowest BCUT2D eigenvalue weighted by molar-refractivity contribution is -0.143. The van der Waals surface area contributed by atoms with Crippen LogP contribution >= 0.6 is 11.6 Å². The van der Waals surface area contributed by atoms with E-state index >= 15 is 0 Å². The Bertz CT molecular complexity index is 472. The van der Waals surface area contributed by atoms with Gasteiger partial charge in [-0.05, 0) is 48.8 Å². The molecule has 3 nitrogen and oxygen atoms in total. The van der Waals surface area contributed by atoms with E-state index in [1.54, 1.807) is 13.2 Å². The lowest BCUT2D eigenvalue weighted by atomic mass is 9.71. The molecule has 0 amide bonds. The molecule has 1 aromatic carbocycles. The number of benzene rings is 1. The van der Waals surface area contributed by atoms with E-state index in [9.17, 15) is 9.90 Å². The molecule has 1 N–H and O–H groups in total. The Labute approximate surface area is 118 Å². The van der Waals surface area contributed by atoms with Gasteiger partial charge in [0.05, 0.1) is 18.1 Å². The number of carbonyl (C=O) groups is 1. The molecule has 0 heterocycles. The second-order valence-electron chi connectivity index (χ2n) is 5.36. The summed E-state index contributed by atoms with van der Waals surface area (Å²) in [6.45, 7) is 2.18. The van der Waals surface area contributed by atoms with Gasteiger partial charge in [-0.2, -0.15) is 0 Å². The van der Waals surface area contributed by atoms with E-state index in [2.05, 4.69) is 6.92 Å². The molecular weight excluding hydrogens is 264 g/mol.